The van der Waals surface area contributed by atoms with Crippen LogP contribution in [0.3, 0.4) is 0 Å². The zero-order valence-corrected chi connectivity index (χ0v) is 15.7. The zero-order valence-electron chi connectivity index (χ0n) is 15.7. The average Bonchev–Trinajstić information content (AvgIpc) is 2.60. The van der Waals surface area contributed by atoms with Crippen LogP contribution in [0.4, 0.5) is 5.69 Å². The Hall–Kier alpha value is -2.18. The molecule has 1 unspecified atom stereocenters. The number of carboxylic acids is 1. The highest BCUT2D eigenvalue weighted by atomic mass is 16.5. The number of rotatable bonds is 6. The lowest BCUT2D eigenvalue weighted by molar-refractivity contribution is -0.138. The summed E-state index contributed by atoms with van der Waals surface area (Å²) in [4.78, 5) is 19.9. The van der Waals surface area contributed by atoms with E-state index in [0.29, 0.717) is 13.2 Å². The van der Waals surface area contributed by atoms with E-state index in [4.69, 9.17) is 14.8 Å². The van der Waals surface area contributed by atoms with E-state index < -0.39 is 5.97 Å². The molecule has 6 nitrogen and oxygen atoms in total. The molecule has 1 aliphatic heterocycles. The van der Waals surface area contributed by atoms with Gasteiger partial charge in [-0.3, -0.25) is 14.7 Å². The third-order valence-electron chi connectivity index (χ3n) is 4.90. The van der Waals surface area contributed by atoms with E-state index in [0.717, 1.165) is 30.7 Å². The number of aliphatic carboxylic acids is 1. The Morgan fingerprint density at radius 3 is 2.92 bits per heavy atom. The highest BCUT2D eigenvalue weighted by Gasteiger charge is 2.26. The largest absolute Gasteiger partial charge is 0.480 e. The van der Waals surface area contributed by atoms with Crippen molar-refractivity contribution in [1.29, 1.82) is 0 Å². The summed E-state index contributed by atoms with van der Waals surface area (Å²) in [5.41, 5.74) is 4.63. The molecule has 140 valence electrons. The van der Waals surface area contributed by atoms with Crippen LogP contribution in [0, 0.1) is 6.92 Å². The van der Waals surface area contributed by atoms with Crippen molar-refractivity contribution in [3.8, 4) is 0 Å². The number of aromatic nitrogens is 1. The number of carbonyl (C=O) groups is 1. The van der Waals surface area contributed by atoms with E-state index in [1.54, 1.807) is 4.90 Å². The topological polar surface area (TPSA) is 65.9 Å². The number of fused-ring (bicyclic) bond motifs is 1. The molecule has 1 saturated heterocycles. The average molecular weight is 357 g/mol. The van der Waals surface area contributed by atoms with Crippen molar-refractivity contribution in [1.82, 2.24) is 9.88 Å². The predicted molar refractivity (Wildman–Crippen MR) is 103 cm³/mol. The molecule has 1 N–H and O–H groups in total. The molecule has 26 heavy (non-hydrogen) atoms. The highest BCUT2D eigenvalue weighted by molar-refractivity contribution is 5.94. The van der Waals surface area contributed by atoms with Crippen LogP contribution in [0.2, 0.25) is 0 Å². The summed E-state index contributed by atoms with van der Waals surface area (Å²) in [7, 11) is 1.82. The fraction of sp³-hybridized carbons (Fsp3) is 0.500. The molecule has 0 saturated carbocycles. The molecule has 0 amide bonds. The summed E-state index contributed by atoms with van der Waals surface area (Å²) in [6.45, 7) is 7.10. The Kier molecular flexibility index (Phi) is 5.74. The third kappa shape index (κ3) is 3.97. The van der Waals surface area contributed by atoms with E-state index in [-0.39, 0.29) is 12.6 Å². The number of para-hydroxylation sites is 1. The molecular weight excluding hydrogens is 330 g/mol. The van der Waals surface area contributed by atoms with Gasteiger partial charge in [-0.15, -0.1) is 0 Å². The van der Waals surface area contributed by atoms with Gasteiger partial charge in [-0.05, 0) is 32.0 Å². The van der Waals surface area contributed by atoms with E-state index in [9.17, 15) is 4.79 Å². The van der Waals surface area contributed by atoms with Crippen LogP contribution < -0.4 is 4.90 Å². The molecule has 1 aromatic heterocycles. The van der Waals surface area contributed by atoms with Gasteiger partial charge in [-0.1, -0.05) is 25.1 Å². The van der Waals surface area contributed by atoms with Crippen LogP contribution in [-0.2, 0) is 16.0 Å². The predicted octanol–water partition coefficient (Wildman–Crippen LogP) is 2.33. The van der Waals surface area contributed by atoms with Crippen LogP contribution >= 0.6 is 0 Å². The Bertz CT molecular complexity index is 793. The van der Waals surface area contributed by atoms with Gasteiger partial charge in [0.1, 0.15) is 0 Å². The maximum absolute atomic E-state index is 10.9. The maximum atomic E-state index is 10.9. The first kappa shape index (κ1) is 18.6. The molecule has 2 aromatic rings. The summed E-state index contributed by atoms with van der Waals surface area (Å²) < 4.78 is 5.91. The number of carboxylic acid groups (broad SMARTS) is 1. The first-order valence-corrected chi connectivity index (χ1v) is 9.14. The second-order valence-corrected chi connectivity index (χ2v) is 6.92. The van der Waals surface area contributed by atoms with Crippen molar-refractivity contribution in [3.63, 3.8) is 0 Å². The number of anilines is 1. The van der Waals surface area contributed by atoms with Gasteiger partial charge in [-0.25, -0.2) is 0 Å². The van der Waals surface area contributed by atoms with Gasteiger partial charge in [0.05, 0.1) is 30.5 Å². The fourth-order valence-electron chi connectivity index (χ4n) is 3.81. The molecule has 0 bridgehead atoms. The minimum absolute atomic E-state index is 0.00922. The Morgan fingerprint density at radius 1 is 1.42 bits per heavy atom. The van der Waals surface area contributed by atoms with Gasteiger partial charge in [0.15, 0.2) is 0 Å². The molecule has 1 aliphatic rings. The van der Waals surface area contributed by atoms with Gasteiger partial charge in [-0.2, -0.15) is 0 Å². The zero-order chi connectivity index (χ0) is 18.7. The van der Waals surface area contributed by atoms with Crippen LogP contribution in [0.5, 0.6) is 0 Å². The number of likely N-dealkylation sites (N-methyl/N-ethyl adjacent to an activating group) is 1. The molecule has 6 heteroatoms. The fourth-order valence-corrected chi connectivity index (χ4v) is 3.81. The van der Waals surface area contributed by atoms with Gasteiger partial charge >= 0.3 is 5.97 Å². The summed E-state index contributed by atoms with van der Waals surface area (Å²) >= 11 is 0. The molecule has 1 aromatic carbocycles. The standard InChI is InChI=1S/C20H27N3O3/c1-4-16-14(2)21-18-8-6-5-7-17(18)20(16)23-9-10-26-15(12-23)11-22(3)13-19(24)25/h5-8,15H,4,9-13H2,1-3H3,(H,24,25). The molecule has 2 heterocycles. The van der Waals surface area contributed by atoms with E-state index in [1.807, 2.05) is 13.1 Å². The van der Waals surface area contributed by atoms with Crippen molar-refractivity contribution in [2.45, 2.75) is 26.4 Å². The van der Waals surface area contributed by atoms with Crippen LogP contribution in [0.1, 0.15) is 18.2 Å². The van der Waals surface area contributed by atoms with Gasteiger partial charge in [0.2, 0.25) is 0 Å². The molecule has 0 radical (unpaired) electrons. The molecule has 1 fully saturated rings. The Labute approximate surface area is 154 Å². The maximum Gasteiger partial charge on any atom is 0.317 e. The van der Waals surface area contributed by atoms with Crippen LogP contribution in [0.15, 0.2) is 24.3 Å². The Balaban J connectivity index is 1.89. The summed E-state index contributed by atoms with van der Waals surface area (Å²) in [5.74, 6) is -0.816. The number of aryl methyl sites for hydroxylation is 1. The second kappa shape index (κ2) is 8.01. The molecule has 0 aliphatic carbocycles. The van der Waals surface area contributed by atoms with Gasteiger partial charge in [0.25, 0.3) is 0 Å². The van der Waals surface area contributed by atoms with Crippen molar-refractivity contribution in [2.24, 2.45) is 0 Å². The Morgan fingerprint density at radius 2 is 2.19 bits per heavy atom. The van der Waals surface area contributed by atoms with Gasteiger partial charge in [0, 0.05) is 30.7 Å². The number of hydrogen-bond acceptors (Lipinski definition) is 5. The number of nitrogens with zero attached hydrogens (tertiary/aromatic N) is 3. The van der Waals surface area contributed by atoms with Crippen molar-refractivity contribution in [3.05, 3.63) is 35.5 Å². The van der Waals surface area contributed by atoms with Gasteiger partial charge < -0.3 is 14.7 Å². The lowest BCUT2D eigenvalue weighted by Crippen LogP contribution is -2.48. The summed E-state index contributed by atoms with van der Waals surface area (Å²) in [6, 6.07) is 8.27. The lowest BCUT2D eigenvalue weighted by Gasteiger charge is -2.37. The van der Waals surface area contributed by atoms with Crippen molar-refractivity contribution < 1.29 is 14.6 Å². The monoisotopic (exact) mass is 357 g/mol. The number of hydrogen-bond donors (Lipinski definition) is 1. The third-order valence-corrected chi connectivity index (χ3v) is 4.90. The van der Waals surface area contributed by atoms with Crippen LogP contribution in [0.25, 0.3) is 10.9 Å². The second-order valence-electron chi connectivity index (χ2n) is 6.92. The number of ether oxygens (including phenoxy) is 1. The van der Waals surface area contributed by atoms with Crippen molar-refractivity contribution in [2.75, 3.05) is 44.7 Å². The first-order chi connectivity index (χ1) is 12.5. The number of morpholine rings is 1. The summed E-state index contributed by atoms with van der Waals surface area (Å²) in [5, 5.41) is 10.1. The number of benzene rings is 1. The minimum Gasteiger partial charge on any atom is -0.480 e. The molecule has 0 spiro atoms. The first-order valence-electron chi connectivity index (χ1n) is 9.14. The quantitative estimate of drug-likeness (QED) is 0.856. The normalized spacial score (nSPS) is 17.8. The lowest BCUT2D eigenvalue weighted by atomic mass is 10.0. The highest BCUT2D eigenvalue weighted by Crippen LogP contribution is 2.33. The SMILES string of the molecule is CCc1c(C)nc2ccccc2c1N1CCOC(CN(C)CC(=O)O)C1. The molecule has 1 atom stereocenters. The van der Waals surface area contributed by atoms with E-state index >= 15 is 0 Å². The number of pyridine rings is 1. The van der Waals surface area contributed by atoms with E-state index in [2.05, 4.69) is 36.9 Å². The minimum atomic E-state index is -0.816. The van der Waals surface area contributed by atoms with E-state index in [1.165, 1.54) is 16.6 Å². The van der Waals surface area contributed by atoms with Crippen molar-refractivity contribution >= 4 is 22.6 Å². The van der Waals surface area contributed by atoms with Crippen LogP contribution in [-0.4, -0.2) is 66.9 Å². The molecule has 3 rings (SSSR count). The smallest absolute Gasteiger partial charge is 0.317 e. The summed E-state index contributed by atoms with van der Waals surface area (Å²) in [6.07, 6.45) is 0.921. The molecular formula is C20H27N3O3.